The van der Waals surface area contributed by atoms with E-state index in [9.17, 15) is 4.79 Å². The normalized spacial score (nSPS) is 26.2. The van der Waals surface area contributed by atoms with Gasteiger partial charge in [-0.25, -0.2) is 0 Å². The Kier molecular flexibility index (Phi) is 5.01. The highest BCUT2D eigenvalue weighted by molar-refractivity contribution is 5.92. The van der Waals surface area contributed by atoms with E-state index in [2.05, 4.69) is 6.92 Å². The SMILES string of the molecule is CCC1CCC(CN)C(Oc2ccc(C(N)=O)cc2)C1. The van der Waals surface area contributed by atoms with E-state index in [1.165, 1.54) is 12.8 Å². The van der Waals surface area contributed by atoms with Crippen molar-refractivity contribution >= 4 is 5.91 Å². The molecule has 3 atom stereocenters. The summed E-state index contributed by atoms with van der Waals surface area (Å²) in [6, 6.07) is 7.02. The molecule has 110 valence electrons. The zero-order valence-electron chi connectivity index (χ0n) is 12.0. The van der Waals surface area contributed by atoms with Crippen LogP contribution in [0.2, 0.25) is 0 Å². The van der Waals surface area contributed by atoms with Gasteiger partial charge in [-0.2, -0.15) is 0 Å². The second-order valence-corrected chi connectivity index (χ2v) is 5.63. The van der Waals surface area contributed by atoms with Gasteiger partial charge in [0.25, 0.3) is 0 Å². The first-order valence-electron chi connectivity index (χ1n) is 7.40. The smallest absolute Gasteiger partial charge is 0.248 e. The van der Waals surface area contributed by atoms with Crippen molar-refractivity contribution in [3.05, 3.63) is 29.8 Å². The highest BCUT2D eigenvalue weighted by Gasteiger charge is 2.30. The van der Waals surface area contributed by atoms with Crippen LogP contribution in [0, 0.1) is 11.8 Å². The van der Waals surface area contributed by atoms with Crippen molar-refractivity contribution in [1.29, 1.82) is 0 Å². The Bertz CT molecular complexity index is 444. The summed E-state index contributed by atoms with van der Waals surface area (Å²) in [5, 5.41) is 0. The maximum Gasteiger partial charge on any atom is 0.248 e. The molecule has 1 fully saturated rings. The van der Waals surface area contributed by atoms with Gasteiger partial charge in [-0.3, -0.25) is 4.79 Å². The van der Waals surface area contributed by atoms with Gasteiger partial charge in [-0.05, 0) is 56.0 Å². The summed E-state index contributed by atoms with van der Waals surface area (Å²) >= 11 is 0. The summed E-state index contributed by atoms with van der Waals surface area (Å²) in [6.45, 7) is 2.90. The van der Waals surface area contributed by atoms with Crippen LogP contribution in [0.1, 0.15) is 43.0 Å². The molecule has 1 aliphatic carbocycles. The van der Waals surface area contributed by atoms with Gasteiger partial charge in [-0.1, -0.05) is 13.3 Å². The Labute approximate surface area is 120 Å². The Balaban J connectivity index is 2.03. The fourth-order valence-corrected chi connectivity index (χ4v) is 2.93. The predicted molar refractivity (Wildman–Crippen MR) is 79.6 cm³/mol. The molecular weight excluding hydrogens is 252 g/mol. The zero-order chi connectivity index (χ0) is 14.5. The molecule has 4 N–H and O–H groups in total. The van der Waals surface area contributed by atoms with Crippen molar-refractivity contribution < 1.29 is 9.53 Å². The van der Waals surface area contributed by atoms with E-state index in [1.54, 1.807) is 12.1 Å². The summed E-state index contributed by atoms with van der Waals surface area (Å²) in [5.74, 6) is 1.52. The Morgan fingerprint density at radius 3 is 2.55 bits per heavy atom. The third kappa shape index (κ3) is 3.51. The Morgan fingerprint density at radius 2 is 2.00 bits per heavy atom. The topological polar surface area (TPSA) is 78.3 Å². The molecule has 0 aliphatic heterocycles. The number of hydrogen-bond donors (Lipinski definition) is 2. The van der Waals surface area contributed by atoms with Gasteiger partial charge in [0, 0.05) is 11.5 Å². The van der Waals surface area contributed by atoms with Crippen molar-refractivity contribution in [1.82, 2.24) is 0 Å². The van der Waals surface area contributed by atoms with Crippen molar-refractivity contribution in [3.8, 4) is 5.75 Å². The molecule has 4 heteroatoms. The van der Waals surface area contributed by atoms with Crippen LogP contribution in [0.15, 0.2) is 24.3 Å². The second kappa shape index (κ2) is 6.75. The monoisotopic (exact) mass is 276 g/mol. The largest absolute Gasteiger partial charge is 0.490 e. The Morgan fingerprint density at radius 1 is 1.30 bits per heavy atom. The summed E-state index contributed by atoms with van der Waals surface area (Å²) in [7, 11) is 0. The standard InChI is InChI=1S/C16H24N2O2/c1-2-11-3-4-13(10-17)15(9-11)20-14-7-5-12(6-8-14)16(18)19/h5-8,11,13,15H,2-4,9-10,17H2,1H3,(H2,18,19). The van der Waals surface area contributed by atoms with Crippen LogP contribution in [0.3, 0.4) is 0 Å². The molecule has 2 rings (SSSR count). The molecule has 20 heavy (non-hydrogen) atoms. The van der Waals surface area contributed by atoms with Gasteiger partial charge < -0.3 is 16.2 Å². The number of nitrogens with two attached hydrogens (primary N) is 2. The van der Waals surface area contributed by atoms with Gasteiger partial charge in [0.2, 0.25) is 5.91 Å². The molecule has 1 aromatic rings. The van der Waals surface area contributed by atoms with Crippen LogP contribution in [0.25, 0.3) is 0 Å². The number of ether oxygens (including phenoxy) is 1. The number of benzene rings is 1. The first-order chi connectivity index (χ1) is 9.63. The maximum atomic E-state index is 11.0. The van der Waals surface area contributed by atoms with E-state index in [4.69, 9.17) is 16.2 Å². The van der Waals surface area contributed by atoms with Crippen molar-refractivity contribution in [3.63, 3.8) is 0 Å². The number of primary amides is 1. The molecule has 0 aromatic heterocycles. The molecule has 0 spiro atoms. The van der Waals surface area contributed by atoms with E-state index < -0.39 is 5.91 Å². The predicted octanol–water partition coefficient (Wildman–Crippen LogP) is 2.32. The zero-order valence-corrected chi connectivity index (χ0v) is 12.0. The summed E-state index contributed by atoms with van der Waals surface area (Å²) in [5.41, 5.74) is 11.6. The van der Waals surface area contributed by atoms with Gasteiger partial charge in [0.1, 0.15) is 11.9 Å². The van der Waals surface area contributed by atoms with E-state index >= 15 is 0 Å². The molecule has 1 aliphatic rings. The summed E-state index contributed by atoms with van der Waals surface area (Å²) in [6.07, 6.45) is 4.82. The molecule has 0 radical (unpaired) electrons. The van der Waals surface area contributed by atoms with E-state index in [0.717, 1.165) is 24.5 Å². The minimum absolute atomic E-state index is 0.179. The third-order valence-electron chi connectivity index (χ3n) is 4.34. The lowest BCUT2D eigenvalue weighted by molar-refractivity contribution is 0.0684. The van der Waals surface area contributed by atoms with Crippen molar-refractivity contribution in [2.24, 2.45) is 23.3 Å². The molecule has 1 amide bonds. The van der Waals surface area contributed by atoms with E-state index in [0.29, 0.717) is 18.0 Å². The lowest BCUT2D eigenvalue weighted by Crippen LogP contribution is -2.38. The molecule has 0 saturated heterocycles. The molecule has 4 nitrogen and oxygen atoms in total. The minimum Gasteiger partial charge on any atom is -0.490 e. The lowest BCUT2D eigenvalue weighted by atomic mass is 9.78. The van der Waals surface area contributed by atoms with Gasteiger partial charge >= 0.3 is 0 Å². The quantitative estimate of drug-likeness (QED) is 0.866. The molecule has 0 heterocycles. The number of carbonyl (C=O) groups is 1. The van der Waals surface area contributed by atoms with Gasteiger partial charge in [0.15, 0.2) is 0 Å². The fraction of sp³-hybridized carbons (Fsp3) is 0.562. The molecule has 0 bridgehead atoms. The average molecular weight is 276 g/mol. The van der Waals surface area contributed by atoms with Crippen LogP contribution >= 0.6 is 0 Å². The number of amides is 1. The molecule has 1 saturated carbocycles. The first kappa shape index (κ1) is 14.9. The maximum absolute atomic E-state index is 11.0. The van der Waals surface area contributed by atoms with Crippen LogP contribution in [-0.4, -0.2) is 18.6 Å². The van der Waals surface area contributed by atoms with E-state index in [1.807, 2.05) is 12.1 Å². The summed E-state index contributed by atoms with van der Waals surface area (Å²) in [4.78, 5) is 11.0. The van der Waals surface area contributed by atoms with Gasteiger partial charge in [0.05, 0.1) is 0 Å². The third-order valence-corrected chi connectivity index (χ3v) is 4.34. The van der Waals surface area contributed by atoms with Crippen LogP contribution in [0.5, 0.6) is 5.75 Å². The van der Waals surface area contributed by atoms with Crippen LogP contribution < -0.4 is 16.2 Å². The fourth-order valence-electron chi connectivity index (χ4n) is 2.93. The van der Waals surface area contributed by atoms with Gasteiger partial charge in [-0.15, -0.1) is 0 Å². The number of carbonyl (C=O) groups excluding carboxylic acids is 1. The Hall–Kier alpha value is -1.55. The molecular formula is C16H24N2O2. The number of hydrogen-bond acceptors (Lipinski definition) is 3. The first-order valence-corrected chi connectivity index (χ1v) is 7.40. The van der Waals surface area contributed by atoms with E-state index in [-0.39, 0.29) is 6.10 Å². The second-order valence-electron chi connectivity index (χ2n) is 5.63. The van der Waals surface area contributed by atoms with Crippen LogP contribution in [-0.2, 0) is 0 Å². The highest BCUT2D eigenvalue weighted by atomic mass is 16.5. The molecule has 1 aromatic carbocycles. The van der Waals surface area contributed by atoms with Crippen molar-refractivity contribution in [2.45, 2.75) is 38.7 Å². The number of rotatable bonds is 5. The summed E-state index contributed by atoms with van der Waals surface area (Å²) < 4.78 is 6.09. The highest BCUT2D eigenvalue weighted by Crippen LogP contribution is 2.33. The van der Waals surface area contributed by atoms with Crippen molar-refractivity contribution in [2.75, 3.05) is 6.54 Å². The lowest BCUT2D eigenvalue weighted by Gasteiger charge is -2.35. The average Bonchev–Trinajstić information content (AvgIpc) is 2.47. The molecule has 3 unspecified atom stereocenters. The van der Waals surface area contributed by atoms with Crippen LogP contribution in [0.4, 0.5) is 0 Å². The minimum atomic E-state index is -0.417.